The predicted molar refractivity (Wildman–Crippen MR) is 144 cm³/mol. The van der Waals surface area contributed by atoms with Crippen LogP contribution in [0.4, 0.5) is 17.6 Å². The first-order chi connectivity index (χ1) is 20.1. The maximum absolute atomic E-state index is 15.9. The quantitative estimate of drug-likeness (QED) is 0.191. The second kappa shape index (κ2) is 11.8. The molecule has 0 fully saturated rings. The van der Waals surface area contributed by atoms with E-state index in [4.69, 9.17) is 4.74 Å². The van der Waals surface area contributed by atoms with Gasteiger partial charge in [-0.05, 0) is 55.0 Å². The topological polar surface area (TPSA) is 96.8 Å². The van der Waals surface area contributed by atoms with Crippen molar-refractivity contribution in [3.05, 3.63) is 136 Å². The van der Waals surface area contributed by atoms with Crippen LogP contribution in [0.2, 0.25) is 0 Å². The molecule has 3 aromatic carbocycles. The summed E-state index contributed by atoms with van der Waals surface area (Å²) in [7, 11) is 0. The number of hydrogen-bond acceptors (Lipinski definition) is 6. The van der Waals surface area contributed by atoms with Crippen LogP contribution in [-0.2, 0) is 24.6 Å². The molecule has 212 valence electrons. The number of pyridine rings is 1. The molecule has 0 saturated carbocycles. The Morgan fingerprint density at radius 1 is 0.905 bits per heavy atom. The zero-order chi connectivity index (χ0) is 29.7. The van der Waals surface area contributed by atoms with Gasteiger partial charge in [-0.15, -0.1) is 10.2 Å². The number of nitrogens with one attached hydrogen (secondary N) is 1. The maximum Gasteiger partial charge on any atom is 0.322 e. The number of halogens is 4. The molecule has 0 saturated heterocycles. The minimum atomic E-state index is -4.16. The fourth-order valence-corrected chi connectivity index (χ4v) is 4.18. The van der Waals surface area contributed by atoms with E-state index in [-0.39, 0.29) is 5.82 Å². The van der Waals surface area contributed by atoms with Crippen molar-refractivity contribution < 1.29 is 27.4 Å². The van der Waals surface area contributed by atoms with Gasteiger partial charge in [0, 0.05) is 29.0 Å². The van der Waals surface area contributed by atoms with E-state index in [0.717, 1.165) is 30.0 Å². The Bertz CT molecular complexity index is 1720. The van der Waals surface area contributed by atoms with Crippen LogP contribution in [0.25, 0.3) is 0 Å². The lowest BCUT2D eigenvalue weighted by atomic mass is 9.81. The van der Waals surface area contributed by atoms with Crippen LogP contribution in [0.15, 0.2) is 85.1 Å². The fourth-order valence-electron chi connectivity index (χ4n) is 4.18. The monoisotopic (exact) mass is 573 g/mol. The Morgan fingerprint density at radius 2 is 1.62 bits per heavy atom. The number of hydrogen-bond donors (Lipinski definition) is 2. The predicted octanol–water partition coefficient (Wildman–Crippen LogP) is 5.38. The van der Waals surface area contributed by atoms with Crippen molar-refractivity contribution >= 4 is 0 Å². The van der Waals surface area contributed by atoms with E-state index in [1.807, 2.05) is 31.2 Å². The van der Waals surface area contributed by atoms with E-state index in [1.165, 1.54) is 11.6 Å². The summed E-state index contributed by atoms with van der Waals surface area (Å²) >= 11 is 0. The number of H-pyrrole nitrogens is 1. The number of aryl methyl sites for hydroxylation is 1. The summed E-state index contributed by atoms with van der Waals surface area (Å²) < 4.78 is 65.7. The van der Waals surface area contributed by atoms with Gasteiger partial charge in [0.15, 0.2) is 11.4 Å². The third-order valence-corrected chi connectivity index (χ3v) is 6.52. The van der Waals surface area contributed by atoms with Crippen LogP contribution in [0, 0.1) is 30.4 Å². The summed E-state index contributed by atoms with van der Waals surface area (Å²) in [6.45, 7) is 2.44. The number of aromatic amines is 1. The Morgan fingerprint density at radius 3 is 2.26 bits per heavy atom. The minimum Gasteiger partial charge on any atom is -0.489 e. The summed E-state index contributed by atoms with van der Waals surface area (Å²) in [6, 6.07) is 19.3. The third kappa shape index (κ3) is 6.14. The normalized spacial score (nSPS) is 12.7. The zero-order valence-corrected chi connectivity index (χ0v) is 22.2. The van der Waals surface area contributed by atoms with Gasteiger partial charge < -0.3 is 9.84 Å². The Balaban J connectivity index is 1.33. The first-order valence-corrected chi connectivity index (χ1v) is 12.7. The lowest BCUT2D eigenvalue weighted by molar-refractivity contribution is -0.199. The van der Waals surface area contributed by atoms with Gasteiger partial charge in [0.2, 0.25) is 0 Å². The number of alkyl halides is 2. The molecule has 7 nitrogen and oxygen atoms in total. The number of nitrogens with zero attached hydrogens (tertiary/aromatic N) is 4. The molecule has 2 aromatic heterocycles. The number of aliphatic hydroxyl groups is 1. The summed E-state index contributed by atoms with van der Waals surface area (Å²) in [5.74, 6) is -0.383. The van der Waals surface area contributed by atoms with Gasteiger partial charge >= 0.3 is 5.92 Å². The van der Waals surface area contributed by atoms with Crippen LogP contribution in [0.5, 0.6) is 5.75 Å². The van der Waals surface area contributed by atoms with Crippen LogP contribution in [-0.4, -0.2) is 30.7 Å². The fraction of sp³-hybridized carbons (Fsp3) is 0.161. The van der Waals surface area contributed by atoms with Crippen molar-refractivity contribution in [3.8, 4) is 17.6 Å². The summed E-state index contributed by atoms with van der Waals surface area (Å²) in [5, 5.41) is 23.8. The molecule has 0 aliphatic heterocycles. The average molecular weight is 574 g/mol. The third-order valence-electron chi connectivity index (χ3n) is 6.52. The summed E-state index contributed by atoms with van der Waals surface area (Å²) in [5.41, 5.74) is -1.74. The van der Waals surface area contributed by atoms with E-state index >= 15 is 8.78 Å². The maximum atomic E-state index is 15.9. The van der Waals surface area contributed by atoms with Gasteiger partial charge in [0.1, 0.15) is 29.7 Å². The molecule has 0 spiro atoms. The number of tetrazole rings is 1. The summed E-state index contributed by atoms with van der Waals surface area (Å²) in [6.07, 6.45) is 0.179. The molecular formula is C31H23F4N5O2. The highest BCUT2D eigenvalue weighted by atomic mass is 19.3. The lowest BCUT2D eigenvalue weighted by Gasteiger charge is -2.35. The van der Waals surface area contributed by atoms with Crippen molar-refractivity contribution in [1.29, 1.82) is 0 Å². The number of benzene rings is 3. The van der Waals surface area contributed by atoms with Crippen molar-refractivity contribution in [1.82, 2.24) is 25.6 Å². The summed E-state index contributed by atoms with van der Waals surface area (Å²) in [4.78, 5) is 3.81. The first-order valence-electron chi connectivity index (χ1n) is 12.7. The molecule has 0 aliphatic carbocycles. The Kier molecular flexibility index (Phi) is 7.99. The van der Waals surface area contributed by atoms with Crippen molar-refractivity contribution in [2.24, 2.45) is 0 Å². The van der Waals surface area contributed by atoms with Crippen LogP contribution >= 0.6 is 0 Å². The number of ether oxygens (including phenoxy) is 1. The molecule has 1 atom stereocenters. The Hall–Kier alpha value is -5.08. The zero-order valence-electron chi connectivity index (χ0n) is 22.2. The molecule has 11 heteroatoms. The van der Waals surface area contributed by atoms with Gasteiger partial charge in [0.25, 0.3) is 0 Å². The van der Waals surface area contributed by atoms with Crippen LogP contribution in [0.3, 0.4) is 0 Å². The van der Waals surface area contributed by atoms with Crippen molar-refractivity contribution in [2.75, 3.05) is 0 Å². The second-order valence-electron chi connectivity index (χ2n) is 9.54. The standard InChI is InChI=1S/C31H23F4N5O2/c1-20-2-4-23(5-3-20)19-42-25-12-8-21(9-13-25)6-7-22-10-15-28(36-18-22)31(34,35)30(41,17-29-37-39-40-38-29)26-14-11-24(32)16-27(26)33/h2-5,8-16,18,41H,17,19H2,1H3,(H,37,38,39,40). The largest absolute Gasteiger partial charge is 0.489 e. The molecule has 5 rings (SSSR count). The number of rotatable bonds is 8. The molecule has 1 unspecified atom stereocenters. The van der Waals surface area contributed by atoms with E-state index in [1.54, 1.807) is 24.3 Å². The second-order valence-corrected chi connectivity index (χ2v) is 9.54. The molecule has 0 radical (unpaired) electrons. The highest BCUT2D eigenvalue weighted by molar-refractivity contribution is 5.44. The van der Waals surface area contributed by atoms with E-state index in [9.17, 15) is 13.9 Å². The molecule has 42 heavy (non-hydrogen) atoms. The molecule has 5 aromatic rings. The molecule has 2 N–H and O–H groups in total. The van der Waals surface area contributed by atoms with E-state index in [2.05, 4.69) is 37.4 Å². The van der Waals surface area contributed by atoms with Crippen LogP contribution in [0.1, 0.15) is 39.3 Å². The molecule has 0 amide bonds. The highest BCUT2D eigenvalue weighted by Crippen LogP contribution is 2.47. The van der Waals surface area contributed by atoms with Crippen LogP contribution < -0.4 is 4.74 Å². The molecule has 0 aliphatic rings. The molecule has 0 bridgehead atoms. The van der Waals surface area contributed by atoms with Crippen molar-refractivity contribution in [3.63, 3.8) is 0 Å². The first kappa shape index (κ1) is 28.4. The van der Waals surface area contributed by atoms with Crippen molar-refractivity contribution in [2.45, 2.75) is 31.5 Å². The SMILES string of the molecule is Cc1ccc(COc2ccc(C#Cc3ccc(C(F)(F)C(O)(Cc4nn[nH]n4)c4ccc(F)cc4F)nc3)cc2)cc1. The van der Waals surface area contributed by atoms with Gasteiger partial charge in [-0.1, -0.05) is 52.9 Å². The average Bonchev–Trinajstić information content (AvgIpc) is 3.49. The molecule has 2 heterocycles. The Labute approximate surface area is 238 Å². The lowest BCUT2D eigenvalue weighted by Crippen LogP contribution is -2.46. The van der Waals surface area contributed by atoms with E-state index in [0.29, 0.717) is 29.5 Å². The van der Waals surface area contributed by atoms with Gasteiger partial charge in [-0.2, -0.15) is 14.0 Å². The smallest absolute Gasteiger partial charge is 0.322 e. The number of aromatic nitrogens is 5. The minimum absolute atomic E-state index is 0.310. The van der Waals surface area contributed by atoms with Gasteiger partial charge in [-0.3, -0.25) is 4.98 Å². The van der Waals surface area contributed by atoms with Gasteiger partial charge in [-0.25, -0.2) is 8.78 Å². The highest BCUT2D eigenvalue weighted by Gasteiger charge is 2.58. The van der Waals surface area contributed by atoms with E-state index < -0.39 is 40.8 Å². The molecular weight excluding hydrogens is 550 g/mol. The van der Waals surface area contributed by atoms with Gasteiger partial charge in [0.05, 0.1) is 6.42 Å².